The number of carbonyl (C=O) groups is 2. The van der Waals surface area contributed by atoms with E-state index in [1.807, 2.05) is 36.7 Å². The average Bonchev–Trinajstić information content (AvgIpc) is 3.19. The number of amides is 2. The fraction of sp³-hybridized carbons (Fsp3) is 0.556. The van der Waals surface area contributed by atoms with E-state index in [4.69, 9.17) is 0 Å². The number of hydrogen-bond donors (Lipinski definition) is 1. The van der Waals surface area contributed by atoms with Crippen LogP contribution in [0.3, 0.4) is 0 Å². The van der Waals surface area contributed by atoms with Crippen molar-refractivity contribution in [3.63, 3.8) is 0 Å². The zero-order valence-corrected chi connectivity index (χ0v) is 20.7. The smallest absolute Gasteiger partial charge is 0.253 e. The fourth-order valence-electron chi connectivity index (χ4n) is 5.94. The topological polar surface area (TPSA) is 89.9 Å². The Labute approximate surface area is 207 Å². The van der Waals surface area contributed by atoms with Crippen LogP contribution in [0.5, 0.6) is 0 Å². The second kappa shape index (κ2) is 9.57. The van der Waals surface area contributed by atoms with Crippen LogP contribution in [0.2, 0.25) is 0 Å². The summed E-state index contributed by atoms with van der Waals surface area (Å²) in [5.74, 6) is 0.926. The third kappa shape index (κ3) is 4.63. The summed E-state index contributed by atoms with van der Waals surface area (Å²) in [7, 11) is 3.48. The van der Waals surface area contributed by atoms with E-state index < -0.39 is 0 Å². The Morgan fingerprint density at radius 2 is 1.69 bits per heavy atom. The lowest BCUT2D eigenvalue weighted by atomic mass is 9.78. The van der Waals surface area contributed by atoms with Crippen molar-refractivity contribution in [2.45, 2.75) is 57.1 Å². The molecule has 3 heterocycles. The first-order valence-electron chi connectivity index (χ1n) is 12.7. The SMILES string of the molecule is CN(C)C(=O)c1ccc(-c2cnc(N3CCC[C@]4(CCN(C5CCC(O)CC5)C4=O)C3)nc2)cc1. The van der Waals surface area contributed by atoms with Gasteiger partial charge in [0.2, 0.25) is 11.9 Å². The molecule has 5 rings (SSSR count). The van der Waals surface area contributed by atoms with Gasteiger partial charge in [0, 0.05) is 63.3 Å². The zero-order valence-electron chi connectivity index (χ0n) is 20.7. The number of hydrogen-bond acceptors (Lipinski definition) is 6. The lowest BCUT2D eigenvalue weighted by Gasteiger charge is -2.40. The van der Waals surface area contributed by atoms with Crippen molar-refractivity contribution >= 4 is 17.8 Å². The maximum Gasteiger partial charge on any atom is 0.253 e. The summed E-state index contributed by atoms with van der Waals surface area (Å²) in [5.41, 5.74) is 2.16. The number of benzene rings is 1. The van der Waals surface area contributed by atoms with Crippen LogP contribution >= 0.6 is 0 Å². The van der Waals surface area contributed by atoms with E-state index in [0.717, 1.165) is 69.2 Å². The van der Waals surface area contributed by atoms with Gasteiger partial charge in [-0.25, -0.2) is 9.97 Å². The number of likely N-dealkylation sites (tertiary alicyclic amines) is 1. The highest BCUT2D eigenvalue weighted by Crippen LogP contribution is 2.43. The fourth-order valence-corrected chi connectivity index (χ4v) is 5.94. The van der Waals surface area contributed by atoms with Crippen molar-refractivity contribution in [1.29, 1.82) is 0 Å². The number of carbonyl (C=O) groups excluding carboxylic acids is 2. The van der Waals surface area contributed by atoms with E-state index in [1.165, 1.54) is 0 Å². The van der Waals surface area contributed by atoms with E-state index in [9.17, 15) is 14.7 Å². The number of aliphatic hydroxyl groups is 1. The molecular formula is C27H35N5O3. The van der Waals surface area contributed by atoms with Crippen LogP contribution in [-0.2, 0) is 4.79 Å². The lowest BCUT2D eigenvalue weighted by Crippen LogP contribution is -2.50. The number of aliphatic hydroxyl groups excluding tert-OH is 1. The molecule has 8 heteroatoms. The molecular weight excluding hydrogens is 442 g/mol. The standard InChI is InChI=1S/C27H35N5O3/c1-30(2)24(34)20-6-4-19(5-7-20)21-16-28-26(29-17-21)31-14-3-12-27(18-31)13-15-32(25(27)35)22-8-10-23(33)11-9-22/h4-7,16-17,22-23,33H,3,8-15,18H2,1-2H3/t22?,23?,27-/m0/s1. The van der Waals surface area contributed by atoms with Gasteiger partial charge in [0.1, 0.15) is 0 Å². The molecule has 2 saturated heterocycles. The van der Waals surface area contributed by atoms with Gasteiger partial charge in [-0.2, -0.15) is 0 Å². The van der Waals surface area contributed by atoms with Crippen molar-refractivity contribution in [3.05, 3.63) is 42.2 Å². The first-order valence-corrected chi connectivity index (χ1v) is 12.7. The molecule has 1 aromatic heterocycles. The number of rotatable bonds is 4. The highest BCUT2D eigenvalue weighted by molar-refractivity contribution is 5.94. The normalized spacial score (nSPS) is 26.9. The van der Waals surface area contributed by atoms with Crippen LogP contribution in [0.25, 0.3) is 11.1 Å². The Bertz CT molecular complexity index is 1060. The maximum absolute atomic E-state index is 13.6. The molecule has 1 aromatic carbocycles. The summed E-state index contributed by atoms with van der Waals surface area (Å²) in [6.45, 7) is 2.34. The van der Waals surface area contributed by atoms with Crippen LogP contribution in [0.4, 0.5) is 5.95 Å². The Kier molecular flexibility index (Phi) is 6.49. The summed E-state index contributed by atoms with van der Waals surface area (Å²) in [6.07, 6.45) is 9.60. The molecule has 3 aliphatic rings. The molecule has 3 fully saturated rings. The molecule has 0 radical (unpaired) electrons. The molecule has 2 aromatic rings. The van der Waals surface area contributed by atoms with Gasteiger partial charge in [0.15, 0.2) is 0 Å². The predicted octanol–water partition coefficient (Wildman–Crippen LogP) is 2.97. The largest absolute Gasteiger partial charge is 0.393 e. The molecule has 0 unspecified atom stereocenters. The first-order chi connectivity index (χ1) is 16.9. The van der Waals surface area contributed by atoms with E-state index in [0.29, 0.717) is 18.1 Å². The molecule has 2 aliphatic heterocycles. The van der Waals surface area contributed by atoms with E-state index in [-0.39, 0.29) is 29.4 Å². The minimum Gasteiger partial charge on any atom is -0.393 e. The van der Waals surface area contributed by atoms with Crippen molar-refractivity contribution in [3.8, 4) is 11.1 Å². The molecule has 1 aliphatic carbocycles. The van der Waals surface area contributed by atoms with Gasteiger partial charge in [-0.3, -0.25) is 9.59 Å². The second-order valence-corrected chi connectivity index (χ2v) is 10.6. The van der Waals surface area contributed by atoms with Gasteiger partial charge in [-0.05, 0) is 62.6 Å². The van der Waals surface area contributed by atoms with E-state index in [1.54, 1.807) is 19.0 Å². The van der Waals surface area contributed by atoms with Crippen molar-refractivity contribution < 1.29 is 14.7 Å². The van der Waals surface area contributed by atoms with Gasteiger partial charge in [-0.1, -0.05) is 12.1 Å². The molecule has 0 bridgehead atoms. The van der Waals surface area contributed by atoms with Crippen molar-refractivity contribution in [2.75, 3.05) is 38.6 Å². The third-order valence-electron chi connectivity index (χ3n) is 8.02. The van der Waals surface area contributed by atoms with Gasteiger partial charge in [-0.15, -0.1) is 0 Å². The van der Waals surface area contributed by atoms with E-state index >= 15 is 0 Å². The number of piperidine rings is 1. The van der Waals surface area contributed by atoms with Crippen LogP contribution in [-0.4, -0.2) is 82.6 Å². The van der Waals surface area contributed by atoms with Crippen molar-refractivity contribution in [2.24, 2.45) is 5.41 Å². The number of anilines is 1. The molecule has 1 atom stereocenters. The Morgan fingerprint density at radius 1 is 1.00 bits per heavy atom. The second-order valence-electron chi connectivity index (χ2n) is 10.6. The summed E-state index contributed by atoms with van der Waals surface area (Å²) in [4.78, 5) is 40.8. The van der Waals surface area contributed by atoms with Gasteiger partial charge in [0.05, 0.1) is 11.5 Å². The highest BCUT2D eigenvalue weighted by atomic mass is 16.3. The van der Waals surface area contributed by atoms with Crippen LogP contribution in [0.15, 0.2) is 36.7 Å². The molecule has 8 nitrogen and oxygen atoms in total. The van der Waals surface area contributed by atoms with Gasteiger partial charge < -0.3 is 19.8 Å². The van der Waals surface area contributed by atoms with Crippen LogP contribution in [0, 0.1) is 5.41 Å². The van der Waals surface area contributed by atoms with Crippen LogP contribution in [0.1, 0.15) is 55.3 Å². The van der Waals surface area contributed by atoms with Gasteiger partial charge >= 0.3 is 0 Å². The average molecular weight is 478 g/mol. The summed E-state index contributed by atoms with van der Waals surface area (Å²) in [6, 6.07) is 7.76. The number of nitrogens with zero attached hydrogens (tertiary/aromatic N) is 5. The molecule has 35 heavy (non-hydrogen) atoms. The molecule has 1 spiro atoms. The highest BCUT2D eigenvalue weighted by Gasteiger charge is 2.51. The minimum atomic E-state index is -0.342. The molecule has 2 amide bonds. The van der Waals surface area contributed by atoms with Crippen molar-refractivity contribution in [1.82, 2.24) is 19.8 Å². The molecule has 1 N–H and O–H groups in total. The molecule has 1 saturated carbocycles. The maximum atomic E-state index is 13.6. The Morgan fingerprint density at radius 3 is 2.34 bits per heavy atom. The first kappa shape index (κ1) is 23.7. The predicted molar refractivity (Wildman–Crippen MR) is 134 cm³/mol. The lowest BCUT2D eigenvalue weighted by molar-refractivity contribution is -0.139. The number of aromatic nitrogens is 2. The summed E-state index contributed by atoms with van der Waals surface area (Å²) in [5, 5.41) is 9.85. The summed E-state index contributed by atoms with van der Waals surface area (Å²) < 4.78 is 0. The molecule has 186 valence electrons. The van der Waals surface area contributed by atoms with Crippen LogP contribution < -0.4 is 4.90 Å². The van der Waals surface area contributed by atoms with Gasteiger partial charge in [0.25, 0.3) is 5.91 Å². The zero-order chi connectivity index (χ0) is 24.6. The third-order valence-corrected chi connectivity index (χ3v) is 8.02. The Hall–Kier alpha value is -3.00. The summed E-state index contributed by atoms with van der Waals surface area (Å²) >= 11 is 0. The minimum absolute atomic E-state index is 0.0247. The van der Waals surface area contributed by atoms with E-state index in [2.05, 4.69) is 19.8 Å². The monoisotopic (exact) mass is 477 g/mol. The Balaban J connectivity index is 1.26. The quantitative estimate of drug-likeness (QED) is 0.728.